The van der Waals surface area contributed by atoms with Crippen LogP contribution in [0.3, 0.4) is 0 Å². The molecule has 0 aromatic heterocycles. The van der Waals surface area contributed by atoms with Crippen LogP contribution >= 0.6 is 0 Å². The van der Waals surface area contributed by atoms with E-state index >= 15 is 0 Å². The predicted molar refractivity (Wildman–Crippen MR) is 115 cm³/mol. The zero-order valence-electron chi connectivity index (χ0n) is 18.5. The lowest BCUT2D eigenvalue weighted by Gasteiger charge is -2.34. The highest BCUT2D eigenvalue weighted by Crippen LogP contribution is 2.58. The summed E-state index contributed by atoms with van der Waals surface area (Å²) in [5.74, 6) is -1.09. The summed E-state index contributed by atoms with van der Waals surface area (Å²) >= 11 is 0. The zero-order valence-corrected chi connectivity index (χ0v) is 19.3. The summed E-state index contributed by atoms with van der Waals surface area (Å²) in [6, 6.07) is 5.60. The molecular formula is C22H28F4N2O5S. The molecule has 1 saturated heterocycles. The van der Waals surface area contributed by atoms with Crippen LogP contribution < -0.4 is 10.5 Å². The Morgan fingerprint density at radius 1 is 1.18 bits per heavy atom. The third-order valence-corrected chi connectivity index (χ3v) is 7.69. The van der Waals surface area contributed by atoms with Crippen molar-refractivity contribution in [2.24, 2.45) is 17.1 Å². The number of amides is 1. The highest BCUT2D eigenvalue weighted by atomic mass is 32.2. The number of rotatable bonds is 10. The topological polar surface area (TPSA) is 98.9 Å². The van der Waals surface area contributed by atoms with Crippen molar-refractivity contribution in [1.82, 2.24) is 4.90 Å². The Balaban J connectivity index is 1.43. The fraction of sp³-hybridized carbons (Fsp3) is 0.591. The van der Waals surface area contributed by atoms with Crippen molar-refractivity contribution in [2.45, 2.75) is 36.8 Å². The molecule has 1 aliphatic carbocycles. The highest BCUT2D eigenvalue weighted by molar-refractivity contribution is 7.91. The van der Waals surface area contributed by atoms with Crippen molar-refractivity contribution in [3.63, 3.8) is 0 Å². The molecule has 2 aliphatic rings. The van der Waals surface area contributed by atoms with Gasteiger partial charge < -0.3 is 20.1 Å². The number of likely N-dealkylation sites (tertiary alicyclic amines) is 1. The summed E-state index contributed by atoms with van der Waals surface area (Å²) in [7, 11) is -3.73. The molecule has 1 aromatic carbocycles. The number of carbonyl (C=O) groups is 1. The second-order valence-corrected chi connectivity index (χ2v) is 10.6. The van der Waals surface area contributed by atoms with Gasteiger partial charge in [-0.3, -0.25) is 4.79 Å². The molecule has 1 amide bonds. The second kappa shape index (κ2) is 10.6. The molecule has 7 nitrogen and oxygen atoms in total. The molecule has 1 heterocycles. The first-order valence-electron chi connectivity index (χ1n) is 10.9. The molecule has 0 spiro atoms. The molecule has 0 bridgehead atoms. The van der Waals surface area contributed by atoms with E-state index in [1.54, 1.807) is 0 Å². The van der Waals surface area contributed by atoms with Crippen molar-refractivity contribution in [2.75, 3.05) is 38.8 Å². The molecule has 1 aliphatic heterocycles. The Bertz CT molecular complexity index is 984. The van der Waals surface area contributed by atoms with Crippen LogP contribution in [0.1, 0.15) is 25.7 Å². The van der Waals surface area contributed by atoms with Gasteiger partial charge in [-0.15, -0.1) is 0 Å². The van der Waals surface area contributed by atoms with Crippen LogP contribution in [0.15, 0.2) is 41.1 Å². The van der Waals surface area contributed by atoms with Gasteiger partial charge in [0, 0.05) is 25.2 Å². The minimum Gasteiger partial charge on any atom is -0.489 e. The molecule has 0 unspecified atom stereocenters. The maximum Gasteiger partial charge on any atom is 0.403 e. The lowest BCUT2D eigenvalue weighted by molar-refractivity contribution is -0.199. The minimum atomic E-state index is -4.53. The molecule has 0 atom stereocenters. The van der Waals surface area contributed by atoms with Crippen LogP contribution in [0.4, 0.5) is 17.6 Å². The maximum atomic E-state index is 13.2. The monoisotopic (exact) mass is 508 g/mol. The summed E-state index contributed by atoms with van der Waals surface area (Å²) in [6.07, 6.45) is -3.58. The van der Waals surface area contributed by atoms with E-state index in [2.05, 4.69) is 0 Å². The fourth-order valence-electron chi connectivity index (χ4n) is 3.80. The Morgan fingerprint density at radius 2 is 1.79 bits per heavy atom. The number of nitrogens with zero attached hydrogens (tertiary/aromatic N) is 1. The number of halogens is 4. The van der Waals surface area contributed by atoms with E-state index in [-0.39, 0.29) is 62.1 Å². The van der Waals surface area contributed by atoms with Crippen LogP contribution in [-0.2, 0) is 19.4 Å². The summed E-state index contributed by atoms with van der Waals surface area (Å²) in [6.45, 7) is 0.475. The highest BCUT2D eigenvalue weighted by Gasteiger charge is 2.69. The van der Waals surface area contributed by atoms with Gasteiger partial charge in [-0.1, -0.05) is 0 Å². The van der Waals surface area contributed by atoms with E-state index in [1.807, 2.05) is 0 Å². The van der Waals surface area contributed by atoms with Gasteiger partial charge in [-0.25, -0.2) is 12.8 Å². The minimum absolute atomic E-state index is 0.00394. The molecule has 12 heteroatoms. The van der Waals surface area contributed by atoms with Crippen molar-refractivity contribution in [1.29, 1.82) is 0 Å². The van der Waals surface area contributed by atoms with Crippen LogP contribution in [0.25, 0.3) is 0 Å². The van der Waals surface area contributed by atoms with E-state index in [1.165, 1.54) is 29.2 Å². The quantitative estimate of drug-likeness (QED) is 0.488. The smallest absolute Gasteiger partial charge is 0.403 e. The standard InChI is InChI=1S/C22H28F4N2O5S/c23-11-17(12-27)14-33-18-1-3-19(4-2-18)34(30,31)15-32-13-16-5-9-28(10-6-16)20(29)21(7-8-21)22(24,25)26/h1-4,11,16H,5-10,12-15,27H2/b17-11+. The molecule has 190 valence electrons. The lowest BCUT2D eigenvalue weighted by atomic mass is 9.95. The van der Waals surface area contributed by atoms with E-state index in [0.717, 1.165) is 0 Å². The van der Waals surface area contributed by atoms with Crippen LogP contribution in [-0.4, -0.2) is 64.2 Å². The fourth-order valence-corrected chi connectivity index (χ4v) is 4.80. The number of alkyl halides is 3. The molecule has 3 rings (SSSR count). The first-order valence-corrected chi connectivity index (χ1v) is 12.6. The molecule has 1 saturated carbocycles. The second-order valence-electron chi connectivity index (χ2n) is 8.65. The van der Waals surface area contributed by atoms with Crippen molar-refractivity contribution < 1.29 is 40.2 Å². The molecular weight excluding hydrogens is 480 g/mol. The number of sulfone groups is 1. The number of carbonyl (C=O) groups excluding carboxylic acids is 1. The van der Waals surface area contributed by atoms with Crippen LogP contribution in [0.5, 0.6) is 5.75 Å². The van der Waals surface area contributed by atoms with Crippen molar-refractivity contribution in [3.8, 4) is 5.75 Å². The summed E-state index contributed by atoms with van der Waals surface area (Å²) in [5, 5.41) is 0. The molecule has 0 radical (unpaired) electrons. The summed E-state index contributed by atoms with van der Waals surface area (Å²) in [5.41, 5.74) is 3.39. The van der Waals surface area contributed by atoms with Gasteiger partial charge in [-0.2, -0.15) is 13.2 Å². The number of hydrogen-bond acceptors (Lipinski definition) is 6. The molecule has 34 heavy (non-hydrogen) atoms. The number of hydrogen-bond donors (Lipinski definition) is 1. The van der Waals surface area contributed by atoms with Gasteiger partial charge >= 0.3 is 6.18 Å². The Labute approximate surface area is 195 Å². The third-order valence-electron chi connectivity index (χ3n) is 6.22. The number of nitrogens with two attached hydrogens (primary N) is 1. The Hall–Kier alpha value is -2.18. The van der Waals surface area contributed by atoms with E-state index in [4.69, 9.17) is 15.2 Å². The Morgan fingerprint density at radius 3 is 2.29 bits per heavy atom. The SMILES string of the molecule is NC/C(=C\F)COc1ccc(S(=O)(=O)COCC2CCN(C(=O)C3(C(F)(F)F)CC3)CC2)cc1. The van der Waals surface area contributed by atoms with E-state index in [0.29, 0.717) is 24.9 Å². The molecule has 2 fully saturated rings. The van der Waals surface area contributed by atoms with Gasteiger partial charge in [0.2, 0.25) is 15.7 Å². The van der Waals surface area contributed by atoms with Gasteiger partial charge in [0.1, 0.15) is 17.8 Å². The first kappa shape index (κ1) is 26.4. The molecule has 1 aromatic rings. The van der Waals surface area contributed by atoms with Gasteiger partial charge in [0.05, 0.1) is 17.8 Å². The van der Waals surface area contributed by atoms with Crippen molar-refractivity contribution in [3.05, 3.63) is 36.2 Å². The summed E-state index contributed by atoms with van der Waals surface area (Å²) in [4.78, 5) is 13.6. The summed E-state index contributed by atoms with van der Waals surface area (Å²) < 4.78 is 87.7. The third kappa shape index (κ3) is 6.08. The van der Waals surface area contributed by atoms with Gasteiger partial charge in [-0.05, 0) is 55.9 Å². The maximum absolute atomic E-state index is 13.2. The predicted octanol–water partition coefficient (Wildman–Crippen LogP) is 3.21. The average molecular weight is 509 g/mol. The number of piperidine rings is 1. The zero-order chi connectivity index (χ0) is 25.0. The Kier molecular flexibility index (Phi) is 8.25. The number of benzene rings is 1. The van der Waals surface area contributed by atoms with Crippen molar-refractivity contribution >= 4 is 15.7 Å². The van der Waals surface area contributed by atoms with E-state index < -0.39 is 33.3 Å². The van der Waals surface area contributed by atoms with Gasteiger partial charge in [0.15, 0.2) is 5.94 Å². The van der Waals surface area contributed by atoms with E-state index in [9.17, 15) is 30.8 Å². The average Bonchev–Trinajstić information content (AvgIpc) is 3.62. The lowest BCUT2D eigenvalue weighted by Crippen LogP contribution is -2.47. The normalized spacial score (nSPS) is 19.2. The van der Waals surface area contributed by atoms with Crippen LogP contribution in [0, 0.1) is 11.3 Å². The number of ether oxygens (including phenoxy) is 2. The molecule has 2 N–H and O–H groups in total. The first-order chi connectivity index (χ1) is 16.0. The van der Waals surface area contributed by atoms with Crippen LogP contribution in [0.2, 0.25) is 0 Å². The van der Waals surface area contributed by atoms with Gasteiger partial charge in [0.25, 0.3) is 0 Å². The largest absolute Gasteiger partial charge is 0.489 e.